The van der Waals surface area contributed by atoms with Crippen molar-refractivity contribution in [2.24, 2.45) is 0 Å². The van der Waals surface area contributed by atoms with E-state index in [1.807, 2.05) is 6.92 Å². The minimum atomic E-state index is -0.0315. The number of piperidine rings is 1. The molecule has 5 nitrogen and oxygen atoms in total. The summed E-state index contributed by atoms with van der Waals surface area (Å²) in [5.41, 5.74) is 0. The van der Waals surface area contributed by atoms with Gasteiger partial charge in [-0.2, -0.15) is 0 Å². The molecule has 0 saturated carbocycles. The fourth-order valence-corrected chi connectivity index (χ4v) is 3.08. The topological polar surface area (TPSA) is 52.7 Å². The van der Waals surface area contributed by atoms with Gasteiger partial charge in [0, 0.05) is 25.0 Å². The van der Waals surface area contributed by atoms with Gasteiger partial charge in [-0.15, -0.1) is 0 Å². The molecule has 114 valence electrons. The number of hydrogen-bond donors (Lipinski definition) is 1. The first kappa shape index (κ1) is 15.3. The number of rotatable bonds is 5. The van der Waals surface area contributed by atoms with Crippen LogP contribution in [-0.2, 0) is 9.59 Å². The highest BCUT2D eigenvalue weighted by atomic mass is 16.2. The third kappa shape index (κ3) is 3.95. The molecule has 2 atom stereocenters. The van der Waals surface area contributed by atoms with Gasteiger partial charge in [-0.25, -0.2) is 0 Å². The Bertz CT molecular complexity index is 353. The van der Waals surface area contributed by atoms with Crippen molar-refractivity contribution in [3.63, 3.8) is 0 Å². The van der Waals surface area contributed by atoms with E-state index in [2.05, 4.69) is 17.1 Å². The highest BCUT2D eigenvalue weighted by molar-refractivity contribution is 5.86. The smallest absolute Gasteiger partial charge is 0.239 e. The van der Waals surface area contributed by atoms with Crippen LogP contribution in [0.4, 0.5) is 0 Å². The predicted molar refractivity (Wildman–Crippen MR) is 78.3 cm³/mol. The first-order valence-electron chi connectivity index (χ1n) is 7.88. The second kappa shape index (κ2) is 7.07. The maximum Gasteiger partial charge on any atom is 0.239 e. The van der Waals surface area contributed by atoms with Crippen molar-refractivity contribution in [2.75, 3.05) is 26.2 Å². The van der Waals surface area contributed by atoms with Gasteiger partial charge in [0.05, 0.1) is 6.54 Å². The van der Waals surface area contributed by atoms with Gasteiger partial charge in [0.2, 0.25) is 11.8 Å². The lowest BCUT2D eigenvalue weighted by atomic mass is 10.1. The molecule has 2 amide bonds. The van der Waals surface area contributed by atoms with E-state index in [0.717, 1.165) is 19.5 Å². The Balaban J connectivity index is 1.70. The molecule has 0 unspecified atom stereocenters. The van der Waals surface area contributed by atoms with Crippen molar-refractivity contribution in [1.29, 1.82) is 0 Å². The first-order chi connectivity index (χ1) is 9.58. The molecule has 20 heavy (non-hydrogen) atoms. The number of hydrogen-bond acceptors (Lipinski definition) is 3. The third-order valence-electron chi connectivity index (χ3n) is 4.55. The summed E-state index contributed by atoms with van der Waals surface area (Å²) in [5.74, 6) is 0.0766. The Kier molecular flexibility index (Phi) is 5.40. The van der Waals surface area contributed by atoms with Crippen LogP contribution in [0.5, 0.6) is 0 Å². The number of nitrogens with zero attached hydrogens (tertiary/aromatic N) is 2. The molecule has 2 saturated heterocycles. The van der Waals surface area contributed by atoms with E-state index in [9.17, 15) is 9.59 Å². The second-order valence-corrected chi connectivity index (χ2v) is 6.16. The van der Waals surface area contributed by atoms with E-state index < -0.39 is 0 Å². The van der Waals surface area contributed by atoms with E-state index in [4.69, 9.17) is 0 Å². The van der Waals surface area contributed by atoms with Crippen LogP contribution in [-0.4, -0.2) is 59.9 Å². The summed E-state index contributed by atoms with van der Waals surface area (Å²) >= 11 is 0. The summed E-state index contributed by atoms with van der Waals surface area (Å²) in [6, 6.07) is 0.582. The van der Waals surface area contributed by atoms with Crippen molar-refractivity contribution < 1.29 is 9.59 Å². The lowest BCUT2D eigenvalue weighted by Crippen LogP contribution is -2.47. The molecule has 2 rings (SSSR count). The summed E-state index contributed by atoms with van der Waals surface area (Å²) in [4.78, 5) is 27.7. The molecule has 0 aromatic heterocycles. The minimum absolute atomic E-state index is 0.0315. The average molecular weight is 281 g/mol. The predicted octanol–water partition coefficient (Wildman–Crippen LogP) is 0.988. The van der Waals surface area contributed by atoms with Crippen LogP contribution in [0.25, 0.3) is 0 Å². The third-order valence-corrected chi connectivity index (χ3v) is 4.55. The molecule has 0 aromatic carbocycles. The molecule has 2 heterocycles. The van der Waals surface area contributed by atoms with Crippen LogP contribution in [0.2, 0.25) is 0 Å². The number of amides is 2. The van der Waals surface area contributed by atoms with E-state index >= 15 is 0 Å². The molecule has 0 spiro atoms. The Morgan fingerprint density at radius 1 is 1.35 bits per heavy atom. The van der Waals surface area contributed by atoms with Crippen molar-refractivity contribution in [3.8, 4) is 0 Å². The lowest BCUT2D eigenvalue weighted by molar-refractivity contribution is -0.134. The minimum Gasteiger partial charge on any atom is -0.353 e. The highest BCUT2D eigenvalue weighted by Crippen LogP contribution is 2.17. The lowest BCUT2D eigenvalue weighted by Gasteiger charge is -2.32. The van der Waals surface area contributed by atoms with Gasteiger partial charge >= 0.3 is 0 Å². The molecule has 0 bridgehead atoms. The zero-order valence-electron chi connectivity index (χ0n) is 12.7. The highest BCUT2D eigenvalue weighted by Gasteiger charge is 2.29. The number of likely N-dealkylation sites (tertiary alicyclic amines) is 2. The summed E-state index contributed by atoms with van der Waals surface area (Å²) in [5, 5.41) is 2.97. The quantitative estimate of drug-likeness (QED) is 0.817. The monoisotopic (exact) mass is 281 g/mol. The molecular formula is C15H27N3O2. The SMILES string of the molecule is C[C@H](CNC(=O)CN1C(=O)CC[C@H]1C)N1CCCCC1. The Morgan fingerprint density at radius 2 is 2.05 bits per heavy atom. The number of nitrogens with one attached hydrogen (secondary N) is 1. The maximum atomic E-state index is 12.0. The molecule has 2 aliphatic heterocycles. The first-order valence-corrected chi connectivity index (χ1v) is 7.88. The van der Waals surface area contributed by atoms with Crippen LogP contribution < -0.4 is 5.32 Å². The molecule has 2 fully saturated rings. The Hall–Kier alpha value is -1.10. The largest absolute Gasteiger partial charge is 0.353 e. The van der Waals surface area contributed by atoms with Gasteiger partial charge in [0.1, 0.15) is 0 Å². The Labute approximate surface area is 121 Å². The van der Waals surface area contributed by atoms with Crippen molar-refractivity contribution in [1.82, 2.24) is 15.1 Å². The van der Waals surface area contributed by atoms with E-state index in [0.29, 0.717) is 19.0 Å². The Morgan fingerprint density at radius 3 is 2.65 bits per heavy atom. The average Bonchev–Trinajstić information content (AvgIpc) is 2.77. The van der Waals surface area contributed by atoms with E-state index in [1.54, 1.807) is 4.90 Å². The molecule has 0 radical (unpaired) electrons. The number of carbonyl (C=O) groups excluding carboxylic acids is 2. The standard InChI is InChI=1S/C15H27N3O2/c1-12-6-7-15(20)18(12)11-14(19)16-10-13(2)17-8-4-3-5-9-17/h12-13H,3-11H2,1-2H3,(H,16,19)/t12-,13-/m1/s1. The molecular weight excluding hydrogens is 254 g/mol. The van der Waals surface area contributed by atoms with Crippen LogP contribution in [0.3, 0.4) is 0 Å². The summed E-state index contributed by atoms with van der Waals surface area (Å²) < 4.78 is 0. The van der Waals surface area contributed by atoms with E-state index in [1.165, 1.54) is 19.3 Å². The van der Waals surface area contributed by atoms with Crippen LogP contribution >= 0.6 is 0 Å². The van der Waals surface area contributed by atoms with Crippen LogP contribution in [0.1, 0.15) is 46.0 Å². The molecule has 5 heteroatoms. The van der Waals surface area contributed by atoms with Crippen LogP contribution in [0, 0.1) is 0 Å². The normalized spacial score (nSPS) is 25.8. The van der Waals surface area contributed by atoms with Crippen molar-refractivity contribution in [2.45, 2.75) is 58.0 Å². The van der Waals surface area contributed by atoms with Gasteiger partial charge in [-0.1, -0.05) is 6.42 Å². The van der Waals surface area contributed by atoms with Gasteiger partial charge < -0.3 is 10.2 Å². The summed E-state index contributed by atoms with van der Waals surface area (Å²) in [6.45, 7) is 7.34. The van der Waals surface area contributed by atoms with E-state index in [-0.39, 0.29) is 24.4 Å². The zero-order valence-corrected chi connectivity index (χ0v) is 12.7. The molecule has 0 aromatic rings. The molecule has 1 N–H and O–H groups in total. The fourth-order valence-electron chi connectivity index (χ4n) is 3.08. The maximum absolute atomic E-state index is 12.0. The van der Waals surface area contributed by atoms with Gasteiger partial charge in [0.15, 0.2) is 0 Å². The second-order valence-electron chi connectivity index (χ2n) is 6.16. The van der Waals surface area contributed by atoms with Crippen molar-refractivity contribution >= 4 is 11.8 Å². The number of carbonyl (C=O) groups is 2. The van der Waals surface area contributed by atoms with Crippen LogP contribution in [0.15, 0.2) is 0 Å². The summed E-state index contributed by atoms with van der Waals surface area (Å²) in [6.07, 6.45) is 5.30. The van der Waals surface area contributed by atoms with Gasteiger partial charge in [-0.05, 0) is 46.2 Å². The van der Waals surface area contributed by atoms with Gasteiger partial charge in [0.25, 0.3) is 0 Å². The van der Waals surface area contributed by atoms with Crippen molar-refractivity contribution in [3.05, 3.63) is 0 Å². The zero-order chi connectivity index (χ0) is 14.5. The molecule has 0 aliphatic carbocycles. The molecule has 2 aliphatic rings. The summed E-state index contributed by atoms with van der Waals surface area (Å²) in [7, 11) is 0. The van der Waals surface area contributed by atoms with Gasteiger partial charge in [-0.3, -0.25) is 14.5 Å². The fraction of sp³-hybridized carbons (Fsp3) is 0.867.